The third-order valence-corrected chi connectivity index (χ3v) is 4.88. The lowest BCUT2D eigenvalue weighted by Crippen LogP contribution is -2.15. The Balaban J connectivity index is 1.65. The first-order valence-electron chi connectivity index (χ1n) is 7.29. The first kappa shape index (κ1) is 13.6. The highest BCUT2D eigenvalue weighted by Gasteiger charge is 2.20. The SMILES string of the molecule is Cc1ccc(CSc2nnnn2C2CCCCC2)cc1. The summed E-state index contributed by atoms with van der Waals surface area (Å²) in [5.41, 5.74) is 2.62. The molecule has 4 nitrogen and oxygen atoms in total. The molecule has 0 saturated heterocycles. The molecule has 2 aromatic rings. The van der Waals surface area contributed by atoms with Crippen molar-refractivity contribution in [2.24, 2.45) is 0 Å². The van der Waals surface area contributed by atoms with E-state index in [-0.39, 0.29) is 0 Å². The maximum Gasteiger partial charge on any atom is 0.209 e. The fourth-order valence-corrected chi connectivity index (χ4v) is 3.57. The summed E-state index contributed by atoms with van der Waals surface area (Å²) in [6, 6.07) is 9.16. The van der Waals surface area contributed by atoms with Crippen molar-refractivity contribution in [1.29, 1.82) is 0 Å². The van der Waals surface area contributed by atoms with Gasteiger partial charge in [0, 0.05) is 5.75 Å². The van der Waals surface area contributed by atoms with Crippen LogP contribution in [0.1, 0.15) is 49.3 Å². The molecule has 0 radical (unpaired) electrons. The first-order chi connectivity index (χ1) is 9.83. The molecule has 1 aromatic carbocycles. The molecule has 20 heavy (non-hydrogen) atoms. The van der Waals surface area contributed by atoms with E-state index < -0.39 is 0 Å². The van der Waals surface area contributed by atoms with Crippen LogP contribution in [0.25, 0.3) is 0 Å². The lowest BCUT2D eigenvalue weighted by atomic mass is 9.96. The van der Waals surface area contributed by atoms with Crippen LogP contribution in [0.2, 0.25) is 0 Å². The zero-order valence-corrected chi connectivity index (χ0v) is 12.6. The Morgan fingerprint density at radius 1 is 1.15 bits per heavy atom. The highest BCUT2D eigenvalue weighted by atomic mass is 32.2. The van der Waals surface area contributed by atoms with E-state index in [1.807, 2.05) is 4.68 Å². The molecule has 1 aliphatic carbocycles. The zero-order chi connectivity index (χ0) is 13.8. The van der Waals surface area contributed by atoms with Crippen molar-refractivity contribution in [3.63, 3.8) is 0 Å². The van der Waals surface area contributed by atoms with Crippen molar-refractivity contribution in [1.82, 2.24) is 20.2 Å². The maximum atomic E-state index is 4.20. The van der Waals surface area contributed by atoms with Crippen molar-refractivity contribution in [2.75, 3.05) is 0 Å². The molecular formula is C15H20N4S. The van der Waals surface area contributed by atoms with Crippen LogP contribution in [0, 0.1) is 6.92 Å². The van der Waals surface area contributed by atoms with Crippen molar-refractivity contribution >= 4 is 11.8 Å². The van der Waals surface area contributed by atoms with Crippen LogP contribution in [0.15, 0.2) is 29.4 Å². The van der Waals surface area contributed by atoms with Gasteiger partial charge < -0.3 is 0 Å². The van der Waals surface area contributed by atoms with Gasteiger partial charge in [-0.05, 0) is 35.8 Å². The van der Waals surface area contributed by atoms with Crippen LogP contribution in [0.4, 0.5) is 0 Å². The molecule has 3 rings (SSSR count). The van der Waals surface area contributed by atoms with Gasteiger partial charge in [0.1, 0.15) is 0 Å². The molecule has 5 heteroatoms. The fraction of sp³-hybridized carbons (Fsp3) is 0.533. The summed E-state index contributed by atoms with van der Waals surface area (Å²) < 4.78 is 2.04. The topological polar surface area (TPSA) is 43.6 Å². The standard InChI is InChI=1S/C15H20N4S/c1-12-7-9-13(10-8-12)11-20-15-16-17-18-19(15)14-5-3-2-4-6-14/h7-10,14H,2-6,11H2,1H3. The molecule has 106 valence electrons. The van der Waals surface area contributed by atoms with E-state index in [2.05, 4.69) is 46.7 Å². The Morgan fingerprint density at radius 3 is 2.65 bits per heavy atom. The van der Waals surface area contributed by atoms with Gasteiger partial charge in [0.2, 0.25) is 5.16 Å². The van der Waals surface area contributed by atoms with Gasteiger partial charge in [0.25, 0.3) is 0 Å². The van der Waals surface area contributed by atoms with Gasteiger partial charge in [-0.15, -0.1) is 5.10 Å². The van der Waals surface area contributed by atoms with E-state index in [0.717, 1.165) is 10.9 Å². The number of nitrogens with zero attached hydrogens (tertiary/aromatic N) is 4. The monoisotopic (exact) mass is 288 g/mol. The third-order valence-electron chi connectivity index (χ3n) is 3.87. The van der Waals surface area contributed by atoms with Crippen LogP contribution in [0.5, 0.6) is 0 Å². The summed E-state index contributed by atoms with van der Waals surface area (Å²) >= 11 is 1.73. The van der Waals surface area contributed by atoms with E-state index in [4.69, 9.17) is 0 Å². The Hall–Kier alpha value is -1.36. The number of aromatic nitrogens is 4. The number of hydrogen-bond acceptors (Lipinski definition) is 4. The second-order valence-electron chi connectivity index (χ2n) is 5.47. The molecule has 0 amide bonds. The van der Waals surface area contributed by atoms with Crippen LogP contribution in [-0.4, -0.2) is 20.2 Å². The normalized spacial score (nSPS) is 16.4. The summed E-state index contributed by atoms with van der Waals surface area (Å²) in [4.78, 5) is 0. The molecule has 0 unspecified atom stereocenters. The number of tetrazole rings is 1. The highest BCUT2D eigenvalue weighted by Crippen LogP contribution is 2.31. The number of benzene rings is 1. The zero-order valence-electron chi connectivity index (χ0n) is 11.8. The average Bonchev–Trinajstić information content (AvgIpc) is 2.96. The summed E-state index contributed by atoms with van der Waals surface area (Å²) in [6.07, 6.45) is 6.37. The van der Waals surface area contributed by atoms with E-state index in [9.17, 15) is 0 Å². The predicted molar refractivity (Wildman–Crippen MR) is 80.7 cm³/mol. The van der Waals surface area contributed by atoms with Crippen LogP contribution in [0.3, 0.4) is 0 Å². The van der Waals surface area contributed by atoms with Gasteiger partial charge in [-0.2, -0.15) is 0 Å². The smallest absolute Gasteiger partial charge is 0.209 e. The Bertz CT molecular complexity index is 543. The van der Waals surface area contributed by atoms with Crippen LogP contribution in [-0.2, 0) is 5.75 Å². The average molecular weight is 288 g/mol. The molecule has 0 N–H and O–H groups in total. The molecule has 0 bridgehead atoms. The maximum absolute atomic E-state index is 4.20. The molecule has 0 aliphatic heterocycles. The van der Waals surface area contributed by atoms with Gasteiger partial charge in [0.05, 0.1) is 6.04 Å². The third kappa shape index (κ3) is 3.20. The molecule has 0 atom stereocenters. The lowest BCUT2D eigenvalue weighted by molar-refractivity contribution is 0.307. The van der Waals surface area contributed by atoms with Crippen LogP contribution >= 0.6 is 11.8 Å². The molecular weight excluding hydrogens is 268 g/mol. The minimum Gasteiger partial charge on any atom is -0.217 e. The van der Waals surface area contributed by atoms with E-state index in [0.29, 0.717) is 6.04 Å². The van der Waals surface area contributed by atoms with Crippen molar-refractivity contribution in [3.8, 4) is 0 Å². The molecule has 1 heterocycles. The Kier molecular flexibility index (Phi) is 4.35. The number of hydrogen-bond donors (Lipinski definition) is 0. The van der Waals surface area contributed by atoms with Gasteiger partial charge in [-0.25, -0.2) is 4.68 Å². The minimum atomic E-state index is 0.499. The number of rotatable bonds is 4. The van der Waals surface area contributed by atoms with Gasteiger partial charge in [-0.1, -0.05) is 60.9 Å². The van der Waals surface area contributed by atoms with Crippen molar-refractivity contribution < 1.29 is 0 Å². The van der Waals surface area contributed by atoms with E-state index >= 15 is 0 Å². The van der Waals surface area contributed by atoms with Gasteiger partial charge in [0.15, 0.2) is 0 Å². The molecule has 1 fully saturated rings. The fourth-order valence-electron chi connectivity index (χ4n) is 2.67. The number of thioether (sulfide) groups is 1. The first-order valence-corrected chi connectivity index (χ1v) is 8.28. The van der Waals surface area contributed by atoms with E-state index in [1.165, 1.54) is 43.2 Å². The Labute approximate surface area is 124 Å². The number of aryl methyl sites for hydroxylation is 1. The predicted octanol–water partition coefficient (Wildman–Crippen LogP) is 3.78. The quantitative estimate of drug-likeness (QED) is 0.803. The molecule has 0 spiro atoms. The second-order valence-corrected chi connectivity index (χ2v) is 6.41. The summed E-state index contributed by atoms with van der Waals surface area (Å²) in [5.74, 6) is 0.924. The summed E-state index contributed by atoms with van der Waals surface area (Å²) in [6.45, 7) is 2.11. The molecule has 1 aliphatic rings. The lowest BCUT2D eigenvalue weighted by Gasteiger charge is -2.21. The summed E-state index contributed by atoms with van der Waals surface area (Å²) in [7, 11) is 0. The van der Waals surface area contributed by atoms with Crippen molar-refractivity contribution in [3.05, 3.63) is 35.4 Å². The molecule has 1 saturated carbocycles. The second kappa shape index (κ2) is 6.39. The minimum absolute atomic E-state index is 0.499. The van der Waals surface area contributed by atoms with E-state index in [1.54, 1.807) is 11.8 Å². The van der Waals surface area contributed by atoms with Crippen molar-refractivity contribution in [2.45, 2.75) is 56.0 Å². The molecule has 1 aromatic heterocycles. The Morgan fingerprint density at radius 2 is 1.90 bits per heavy atom. The summed E-state index contributed by atoms with van der Waals surface area (Å²) in [5, 5.41) is 13.2. The largest absolute Gasteiger partial charge is 0.217 e. The van der Waals surface area contributed by atoms with Gasteiger partial charge >= 0.3 is 0 Å². The highest BCUT2D eigenvalue weighted by molar-refractivity contribution is 7.98. The van der Waals surface area contributed by atoms with Gasteiger partial charge in [-0.3, -0.25) is 0 Å². The van der Waals surface area contributed by atoms with Crippen LogP contribution < -0.4 is 0 Å².